The van der Waals surface area contributed by atoms with E-state index in [-0.39, 0.29) is 5.91 Å². The van der Waals surface area contributed by atoms with Gasteiger partial charge in [-0.05, 0) is 11.1 Å². The molecule has 0 radical (unpaired) electrons. The van der Waals surface area contributed by atoms with Crippen LogP contribution in [0.3, 0.4) is 0 Å². The van der Waals surface area contributed by atoms with Crippen LogP contribution >= 0.6 is 0 Å². The van der Waals surface area contributed by atoms with Gasteiger partial charge in [-0.15, -0.1) is 0 Å². The fourth-order valence-electron chi connectivity index (χ4n) is 1.34. The van der Waals surface area contributed by atoms with Gasteiger partial charge in [-0.3, -0.25) is 4.79 Å². The van der Waals surface area contributed by atoms with Crippen molar-refractivity contribution in [2.45, 2.75) is 6.42 Å². The first-order valence-corrected chi connectivity index (χ1v) is 5.38. The third-order valence-corrected chi connectivity index (χ3v) is 2.33. The summed E-state index contributed by atoms with van der Waals surface area (Å²) in [6.45, 7) is 5.38. The summed E-state index contributed by atoms with van der Waals surface area (Å²) < 4.78 is 0. The fourth-order valence-corrected chi connectivity index (χ4v) is 1.34. The van der Waals surface area contributed by atoms with E-state index in [2.05, 4.69) is 17.2 Å². The molecular formula is C13H18N2O. The molecule has 16 heavy (non-hydrogen) atoms. The van der Waals surface area contributed by atoms with Gasteiger partial charge in [-0.2, -0.15) is 0 Å². The number of amides is 1. The van der Waals surface area contributed by atoms with E-state index in [9.17, 15) is 4.79 Å². The molecule has 1 rings (SSSR count). The van der Waals surface area contributed by atoms with Gasteiger partial charge in [-0.1, -0.05) is 36.9 Å². The molecule has 0 aromatic heterocycles. The van der Waals surface area contributed by atoms with E-state index in [0.29, 0.717) is 19.5 Å². The first-order chi connectivity index (χ1) is 7.74. The Balaban J connectivity index is 2.24. The van der Waals surface area contributed by atoms with Crippen molar-refractivity contribution in [3.63, 3.8) is 0 Å². The van der Waals surface area contributed by atoms with Crippen molar-refractivity contribution < 1.29 is 4.79 Å². The van der Waals surface area contributed by atoms with E-state index in [1.807, 2.05) is 30.3 Å². The molecule has 0 atom stereocenters. The van der Waals surface area contributed by atoms with Crippen molar-refractivity contribution in [2.24, 2.45) is 0 Å². The summed E-state index contributed by atoms with van der Waals surface area (Å²) in [7, 11) is 1.64. The van der Waals surface area contributed by atoms with Crippen LogP contribution in [0.5, 0.6) is 0 Å². The normalized spacial score (nSPS) is 9.81. The van der Waals surface area contributed by atoms with Crippen molar-refractivity contribution in [3.8, 4) is 0 Å². The molecule has 0 heterocycles. The Morgan fingerprint density at radius 3 is 2.62 bits per heavy atom. The average Bonchev–Trinajstić information content (AvgIpc) is 2.35. The van der Waals surface area contributed by atoms with Gasteiger partial charge >= 0.3 is 0 Å². The van der Waals surface area contributed by atoms with E-state index in [4.69, 9.17) is 0 Å². The summed E-state index contributed by atoms with van der Waals surface area (Å²) in [5.41, 5.74) is 2.17. The molecule has 0 spiro atoms. The zero-order chi connectivity index (χ0) is 11.8. The van der Waals surface area contributed by atoms with Gasteiger partial charge in [0.2, 0.25) is 5.91 Å². The predicted octanol–water partition coefficient (Wildman–Crippen LogP) is 1.43. The van der Waals surface area contributed by atoms with Crippen molar-refractivity contribution in [1.29, 1.82) is 0 Å². The molecule has 3 nitrogen and oxygen atoms in total. The monoisotopic (exact) mass is 218 g/mol. The second-order valence-corrected chi connectivity index (χ2v) is 3.57. The van der Waals surface area contributed by atoms with Crippen LogP contribution in [-0.4, -0.2) is 26.0 Å². The number of carbonyl (C=O) groups excluding carboxylic acids is 1. The molecule has 0 saturated carbocycles. The van der Waals surface area contributed by atoms with Crippen molar-refractivity contribution >= 4 is 11.5 Å². The maximum Gasteiger partial charge on any atom is 0.221 e. The number of nitrogens with one attached hydrogen (secondary N) is 2. The number of benzene rings is 1. The molecule has 0 saturated heterocycles. The van der Waals surface area contributed by atoms with Crippen LogP contribution in [0, 0.1) is 0 Å². The molecule has 1 aromatic carbocycles. The molecule has 0 bridgehead atoms. The SMILES string of the molecule is C=C(CNCCC(=O)NC)c1ccccc1. The molecule has 0 aliphatic heterocycles. The van der Waals surface area contributed by atoms with Crippen LogP contribution in [0.2, 0.25) is 0 Å². The van der Waals surface area contributed by atoms with Gasteiger partial charge in [0, 0.05) is 26.6 Å². The third-order valence-electron chi connectivity index (χ3n) is 2.33. The highest BCUT2D eigenvalue weighted by Gasteiger charge is 1.99. The van der Waals surface area contributed by atoms with E-state index in [0.717, 1.165) is 11.1 Å². The van der Waals surface area contributed by atoms with E-state index < -0.39 is 0 Å². The third kappa shape index (κ3) is 4.28. The molecule has 0 aliphatic rings. The molecule has 0 fully saturated rings. The molecule has 1 aromatic rings. The minimum Gasteiger partial charge on any atom is -0.359 e. The number of hydrogen-bond donors (Lipinski definition) is 2. The Bertz CT molecular complexity index is 346. The standard InChI is InChI=1S/C13H18N2O/c1-11(12-6-4-3-5-7-12)10-15-9-8-13(16)14-2/h3-7,15H,1,8-10H2,2H3,(H,14,16). The first-order valence-electron chi connectivity index (χ1n) is 5.38. The van der Waals surface area contributed by atoms with Gasteiger partial charge in [0.25, 0.3) is 0 Å². The molecule has 2 N–H and O–H groups in total. The lowest BCUT2D eigenvalue weighted by Gasteiger charge is -2.07. The lowest BCUT2D eigenvalue weighted by atomic mass is 10.1. The number of carbonyl (C=O) groups is 1. The summed E-state index contributed by atoms with van der Waals surface area (Å²) in [5.74, 6) is 0.0535. The maximum atomic E-state index is 11.0. The van der Waals surface area contributed by atoms with Crippen molar-refractivity contribution in [1.82, 2.24) is 10.6 Å². The van der Waals surface area contributed by atoms with E-state index >= 15 is 0 Å². The Kier molecular flexibility index (Phi) is 5.29. The van der Waals surface area contributed by atoms with Crippen LogP contribution in [0.15, 0.2) is 36.9 Å². The Labute approximate surface area is 96.6 Å². The molecule has 0 aliphatic carbocycles. The highest BCUT2D eigenvalue weighted by molar-refractivity contribution is 5.75. The summed E-state index contributed by atoms with van der Waals surface area (Å²) in [6, 6.07) is 10.0. The minimum absolute atomic E-state index is 0.0535. The zero-order valence-electron chi connectivity index (χ0n) is 9.62. The van der Waals surface area contributed by atoms with Crippen LogP contribution in [0.4, 0.5) is 0 Å². The maximum absolute atomic E-state index is 11.0. The summed E-state index contributed by atoms with van der Waals surface area (Å²) in [4.78, 5) is 11.0. The zero-order valence-corrected chi connectivity index (χ0v) is 9.62. The Hall–Kier alpha value is -1.61. The number of hydrogen-bond acceptors (Lipinski definition) is 2. The lowest BCUT2D eigenvalue weighted by Crippen LogP contribution is -2.25. The second kappa shape index (κ2) is 6.80. The van der Waals surface area contributed by atoms with Gasteiger partial charge in [0.15, 0.2) is 0 Å². The second-order valence-electron chi connectivity index (χ2n) is 3.57. The van der Waals surface area contributed by atoms with Gasteiger partial charge in [0.1, 0.15) is 0 Å². The predicted molar refractivity (Wildman–Crippen MR) is 67.0 cm³/mol. The Morgan fingerprint density at radius 1 is 1.31 bits per heavy atom. The molecule has 1 amide bonds. The molecular weight excluding hydrogens is 200 g/mol. The highest BCUT2D eigenvalue weighted by Crippen LogP contribution is 2.09. The van der Waals surface area contributed by atoms with Gasteiger partial charge in [-0.25, -0.2) is 0 Å². The van der Waals surface area contributed by atoms with Crippen molar-refractivity contribution in [2.75, 3.05) is 20.1 Å². The number of rotatable bonds is 6. The minimum atomic E-state index is 0.0535. The van der Waals surface area contributed by atoms with Crippen molar-refractivity contribution in [3.05, 3.63) is 42.5 Å². The molecule has 86 valence electrons. The lowest BCUT2D eigenvalue weighted by molar-refractivity contribution is -0.120. The van der Waals surface area contributed by atoms with Crippen LogP contribution in [0.25, 0.3) is 5.57 Å². The van der Waals surface area contributed by atoms with Crippen LogP contribution in [0.1, 0.15) is 12.0 Å². The van der Waals surface area contributed by atoms with Gasteiger partial charge < -0.3 is 10.6 Å². The van der Waals surface area contributed by atoms with E-state index in [1.165, 1.54) is 0 Å². The van der Waals surface area contributed by atoms with Crippen LogP contribution in [-0.2, 0) is 4.79 Å². The molecule has 3 heteroatoms. The highest BCUT2D eigenvalue weighted by atomic mass is 16.1. The summed E-state index contributed by atoms with van der Waals surface area (Å²) >= 11 is 0. The Morgan fingerprint density at radius 2 is 2.00 bits per heavy atom. The summed E-state index contributed by atoms with van der Waals surface area (Å²) in [5, 5.41) is 5.77. The fraction of sp³-hybridized carbons (Fsp3) is 0.308. The average molecular weight is 218 g/mol. The van der Waals surface area contributed by atoms with E-state index in [1.54, 1.807) is 7.05 Å². The topological polar surface area (TPSA) is 41.1 Å². The van der Waals surface area contributed by atoms with Crippen LogP contribution < -0.4 is 10.6 Å². The smallest absolute Gasteiger partial charge is 0.221 e. The van der Waals surface area contributed by atoms with Gasteiger partial charge in [0.05, 0.1) is 0 Å². The molecule has 0 unspecified atom stereocenters. The largest absolute Gasteiger partial charge is 0.359 e. The summed E-state index contributed by atoms with van der Waals surface area (Å²) in [6.07, 6.45) is 0.499. The quantitative estimate of drug-likeness (QED) is 0.709. The first kappa shape index (κ1) is 12.5.